The van der Waals surface area contributed by atoms with E-state index in [0.717, 1.165) is 0 Å². The van der Waals surface area contributed by atoms with Crippen LogP contribution in [0, 0.1) is 0 Å². The van der Waals surface area contributed by atoms with Gasteiger partial charge in [-0.05, 0) is 26.0 Å². The van der Waals surface area contributed by atoms with E-state index in [-0.39, 0.29) is 5.91 Å². The van der Waals surface area contributed by atoms with Crippen molar-refractivity contribution in [3.05, 3.63) is 29.3 Å². The van der Waals surface area contributed by atoms with Crippen LogP contribution < -0.4 is 5.32 Å². The van der Waals surface area contributed by atoms with Gasteiger partial charge in [0, 0.05) is 0 Å². The Morgan fingerprint density at radius 3 is 2.50 bits per heavy atom. The molecule has 0 aliphatic rings. The van der Waals surface area contributed by atoms with E-state index in [1.165, 1.54) is 0 Å². The average molecular weight is 277 g/mol. The minimum Gasteiger partial charge on any atom is -0.324 e. The number of carbonyl (C=O) groups excluding carboxylic acids is 1. The molecule has 1 amide bonds. The van der Waals surface area contributed by atoms with Gasteiger partial charge in [-0.3, -0.25) is 4.79 Å². The van der Waals surface area contributed by atoms with Gasteiger partial charge < -0.3 is 5.32 Å². The number of alkyl halides is 1. The number of amides is 1. The SMILES string of the molecule is CC(C)(Br)C(=O)Nc1ccccc1Cl. The van der Waals surface area contributed by atoms with Crippen molar-refractivity contribution in [2.45, 2.75) is 18.2 Å². The average Bonchev–Trinajstić information content (AvgIpc) is 2.07. The molecule has 0 unspecified atom stereocenters. The molecular weight excluding hydrogens is 265 g/mol. The van der Waals surface area contributed by atoms with Crippen molar-refractivity contribution in [2.75, 3.05) is 5.32 Å². The first-order valence-corrected chi connectivity index (χ1v) is 5.33. The molecule has 0 heterocycles. The van der Waals surface area contributed by atoms with Crippen LogP contribution in [0.2, 0.25) is 5.02 Å². The Labute approximate surface area is 96.8 Å². The molecule has 1 aromatic carbocycles. The van der Waals surface area contributed by atoms with Crippen LogP contribution in [0.4, 0.5) is 5.69 Å². The second-order valence-electron chi connectivity index (χ2n) is 3.41. The Morgan fingerprint density at radius 1 is 1.43 bits per heavy atom. The van der Waals surface area contributed by atoms with Gasteiger partial charge in [-0.25, -0.2) is 0 Å². The summed E-state index contributed by atoms with van der Waals surface area (Å²) < 4.78 is -0.591. The smallest absolute Gasteiger partial charge is 0.240 e. The summed E-state index contributed by atoms with van der Waals surface area (Å²) in [4.78, 5) is 11.6. The maximum atomic E-state index is 11.6. The zero-order chi connectivity index (χ0) is 10.8. The van der Waals surface area contributed by atoms with Crippen LogP contribution in [0.5, 0.6) is 0 Å². The first-order chi connectivity index (χ1) is 6.41. The summed E-state index contributed by atoms with van der Waals surface area (Å²) in [7, 11) is 0. The number of carbonyl (C=O) groups is 1. The molecule has 0 aromatic heterocycles. The lowest BCUT2D eigenvalue weighted by atomic mass is 10.2. The lowest BCUT2D eigenvalue weighted by molar-refractivity contribution is -0.117. The van der Waals surface area contributed by atoms with Crippen LogP contribution in [0.1, 0.15) is 13.8 Å². The predicted octanol–water partition coefficient (Wildman–Crippen LogP) is 3.45. The van der Waals surface area contributed by atoms with Crippen LogP contribution in [0.25, 0.3) is 0 Å². The molecule has 4 heteroatoms. The molecule has 0 radical (unpaired) electrons. The van der Waals surface area contributed by atoms with Crippen molar-refractivity contribution in [3.8, 4) is 0 Å². The highest BCUT2D eigenvalue weighted by Crippen LogP contribution is 2.24. The first-order valence-electron chi connectivity index (χ1n) is 4.16. The van der Waals surface area contributed by atoms with Crippen LogP contribution in [0.3, 0.4) is 0 Å². The topological polar surface area (TPSA) is 29.1 Å². The molecule has 0 atom stereocenters. The largest absolute Gasteiger partial charge is 0.324 e. The summed E-state index contributed by atoms with van der Waals surface area (Å²) in [5.74, 6) is -0.120. The third kappa shape index (κ3) is 3.00. The van der Waals surface area contributed by atoms with Gasteiger partial charge in [0.1, 0.15) is 0 Å². The van der Waals surface area contributed by atoms with E-state index < -0.39 is 4.32 Å². The zero-order valence-electron chi connectivity index (χ0n) is 7.97. The normalized spacial score (nSPS) is 11.1. The van der Waals surface area contributed by atoms with Gasteiger partial charge in [0.05, 0.1) is 15.0 Å². The maximum absolute atomic E-state index is 11.6. The minimum absolute atomic E-state index is 0.120. The van der Waals surface area contributed by atoms with Crippen LogP contribution >= 0.6 is 27.5 Å². The van der Waals surface area contributed by atoms with Crippen LogP contribution in [-0.4, -0.2) is 10.2 Å². The van der Waals surface area contributed by atoms with Crippen LogP contribution in [0.15, 0.2) is 24.3 Å². The van der Waals surface area contributed by atoms with Gasteiger partial charge in [-0.1, -0.05) is 39.7 Å². The zero-order valence-corrected chi connectivity index (χ0v) is 10.3. The minimum atomic E-state index is -0.591. The summed E-state index contributed by atoms with van der Waals surface area (Å²) in [6, 6.07) is 7.14. The molecule has 0 saturated heterocycles. The number of anilines is 1. The first kappa shape index (κ1) is 11.5. The number of hydrogen-bond donors (Lipinski definition) is 1. The van der Waals surface area contributed by atoms with Crippen molar-refractivity contribution in [1.82, 2.24) is 0 Å². The van der Waals surface area contributed by atoms with Gasteiger partial charge >= 0.3 is 0 Å². The molecule has 1 aromatic rings. The van der Waals surface area contributed by atoms with Gasteiger partial charge in [0.2, 0.25) is 5.91 Å². The lowest BCUT2D eigenvalue weighted by Gasteiger charge is -2.16. The molecule has 1 N–H and O–H groups in total. The van der Waals surface area contributed by atoms with Crippen molar-refractivity contribution in [3.63, 3.8) is 0 Å². The van der Waals surface area contributed by atoms with E-state index in [1.807, 2.05) is 12.1 Å². The second kappa shape index (κ2) is 4.32. The fourth-order valence-corrected chi connectivity index (χ4v) is 1.12. The third-order valence-electron chi connectivity index (χ3n) is 1.66. The number of rotatable bonds is 2. The summed E-state index contributed by atoms with van der Waals surface area (Å²) in [6.45, 7) is 3.55. The van der Waals surface area contributed by atoms with Gasteiger partial charge in [0.15, 0.2) is 0 Å². The fourth-order valence-electron chi connectivity index (χ4n) is 0.834. The standard InChI is InChI=1S/C10H11BrClNO/c1-10(2,11)9(14)13-8-6-4-3-5-7(8)12/h3-6H,1-2H3,(H,13,14). The van der Waals surface area contributed by atoms with E-state index in [9.17, 15) is 4.79 Å². The summed E-state index contributed by atoms with van der Waals surface area (Å²) in [5, 5.41) is 3.27. The lowest BCUT2D eigenvalue weighted by Crippen LogP contribution is -2.31. The Bertz CT molecular complexity index is 346. The number of para-hydroxylation sites is 1. The van der Waals surface area contributed by atoms with E-state index in [2.05, 4.69) is 21.2 Å². The summed E-state index contributed by atoms with van der Waals surface area (Å²) in [5.41, 5.74) is 0.631. The van der Waals surface area contributed by atoms with Gasteiger partial charge in [0.25, 0.3) is 0 Å². The number of hydrogen-bond acceptors (Lipinski definition) is 1. The highest BCUT2D eigenvalue weighted by molar-refractivity contribution is 9.10. The Balaban J connectivity index is 2.80. The number of nitrogens with one attached hydrogen (secondary N) is 1. The van der Waals surface area contributed by atoms with Crippen molar-refractivity contribution in [1.29, 1.82) is 0 Å². The van der Waals surface area contributed by atoms with Crippen LogP contribution in [-0.2, 0) is 4.79 Å². The van der Waals surface area contributed by atoms with Crippen molar-refractivity contribution >= 4 is 39.1 Å². The monoisotopic (exact) mass is 275 g/mol. The summed E-state index contributed by atoms with van der Waals surface area (Å²) in [6.07, 6.45) is 0. The maximum Gasteiger partial charge on any atom is 0.240 e. The molecule has 0 bridgehead atoms. The molecule has 76 valence electrons. The fraction of sp³-hybridized carbons (Fsp3) is 0.300. The predicted molar refractivity (Wildman–Crippen MR) is 63.1 cm³/mol. The highest BCUT2D eigenvalue weighted by Gasteiger charge is 2.23. The third-order valence-corrected chi connectivity index (χ3v) is 2.35. The second-order valence-corrected chi connectivity index (χ2v) is 5.80. The van der Waals surface area contributed by atoms with Gasteiger partial charge in [-0.2, -0.15) is 0 Å². The van der Waals surface area contributed by atoms with Gasteiger partial charge in [-0.15, -0.1) is 0 Å². The molecule has 14 heavy (non-hydrogen) atoms. The molecule has 0 aliphatic heterocycles. The van der Waals surface area contributed by atoms with E-state index in [4.69, 9.17) is 11.6 Å². The molecular formula is C10H11BrClNO. The molecule has 1 rings (SSSR count). The molecule has 0 spiro atoms. The summed E-state index contributed by atoms with van der Waals surface area (Å²) >= 11 is 9.16. The Kier molecular flexibility index (Phi) is 3.56. The quantitative estimate of drug-likeness (QED) is 0.824. The molecule has 0 saturated carbocycles. The van der Waals surface area contributed by atoms with E-state index in [1.54, 1.807) is 26.0 Å². The highest BCUT2D eigenvalue weighted by atomic mass is 79.9. The number of benzene rings is 1. The van der Waals surface area contributed by atoms with E-state index >= 15 is 0 Å². The van der Waals surface area contributed by atoms with E-state index in [0.29, 0.717) is 10.7 Å². The van der Waals surface area contributed by atoms with Crippen molar-refractivity contribution < 1.29 is 4.79 Å². The molecule has 0 aliphatic carbocycles. The van der Waals surface area contributed by atoms with Crippen molar-refractivity contribution in [2.24, 2.45) is 0 Å². The molecule has 2 nitrogen and oxygen atoms in total. The Hall–Kier alpha value is -0.540. The number of halogens is 2. The Morgan fingerprint density at radius 2 is 2.00 bits per heavy atom. The molecule has 0 fully saturated rings.